The Morgan fingerprint density at radius 1 is 0.958 bits per heavy atom. The minimum atomic E-state index is -0.244. The van der Waals surface area contributed by atoms with Gasteiger partial charge in [-0.1, -0.05) is 0 Å². The van der Waals surface area contributed by atoms with Crippen molar-refractivity contribution in [2.24, 2.45) is 0 Å². The number of amides is 2. The first-order chi connectivity index (χ1) is 11.7. The van der Waals surface area contributed by atoms with E-state index in [1.807, 2.05) is 0 Å². The van der Waals surface area contributed by atoms with Gasteiger partial charge in [-0.05, 0) is 31.7 Å². The smallest absolute Gasteiger partial charge is 0.252 e. The fourth-order valence-electron chi connectivity index (χ4n) is 2.92. The van der Waals surface area contributed by atoms with Crippen LogP contribution in [0.4, 0.5) is 0 Å². The van der Waals surface area contributed by atoms with Crippen LogP contribution in [0.5, 0.6) is 0 Å². The van der Waals surface area contributed by atoms with Crippen molar-refractivity contribution in [3.8, 4) is 0 Å². The molecule has 2 aliphatic rings. The third-order valence-electron chi connectivity index (χ3n) is 4.29. The van der Waals surface area contributed by atoms with Crippen LogP contribution in [-0.4, -0.2) is 55.3 Å². The fourth-order valence-corrected chi connectivity index (χ4v) is 2.92. The van der Waals surface area contributed by atoms with Gasteiger partial charge < -0.3 is 20.1 Å². The van der Waals surface area contributed by atoms with Crippen molar-refractivity contribution in [3.05, 3.63) is 29.6 Å². The second kappa shape index (κ2) is 8.21. The Bertz CT molecular complexity index is 534. The molecule has 24 heavy (non-hydrogen) atoms. The molecule has 2 saturated heterocycles. The third kappa shape index (κ3) is 4.52. The summed E-state index contributed by atoms with van der Waals surface area (Å²) in [5, 5.41) is 5.66. The zero-order chi connectivity index (χ0) is 16.8. The van der Waals surface area contributed by atoms with Gasteiger partial charge >= 0.3 is 0 Å². The lowest BCUT2D eigenvalue weighted by molar-refractivity contribution is 0.0854. The van der Waals surface area contributed by atoms with Gasteiger partial charge in [0.2, 0.25) is 0 Å². The molecule has 1 aromatic rings. The molecule has 3 heterocycles. The quantitative estimate of drug-likeness (QED) is 0.807. The van der Waals surface area contributed by atoms with Crippen molar-refractivity contribution in [2.75, 3.05) is 26.3 Å². The van der Waals surface area contributed by atoms with Crippen LogP contribution in [0.15, 0.2) is 18.5 Å². The van der Waals surface area contributed by atoms with Gasteiger partial charge in [0.1, 0.15) is 0 Å². The predicted molar refractivity (Wildman–Crippen MR) is 86.9 cm³/mol. The van der Waals surface area contributed by atoms with Crippen LogP contribution < -0.4 is 10.6 Å². The number of carbonyl (C=O) groups is 2. The molecule has 2 fully saturated rings. The molecule has 0 spiro atoms. The Labute approximate surface area is 141 Å². The largest absolute Gasteiger partial charge is 0.376 e. The summed E-state index contributed by atoms with van der Waals surface area (Å²) in [6, 6.07) is 1.56. The maximum Gasteiger partial charge on any atom is 0.252 e. The zero-order valence-electron chi connectivity index (χ0n) is 13.6. The first kappa shape index (κ1) is 16.9. The molecule has 1 aromatic heterocycles. The van der Waals surface area contributed by atoms with Gasteiger partial charge in [0.15, 0.2) is 0 Å². The van der Waals surface area contributed by atoms with Crippen molar-refractivity contribution in [3.63, 3.8) is 0 Å². The topological polar surface area (TPSA) is 89.5 Å². The Morgan fingerprint density at radius 3 is 1.88 bits per heavy atom. The van der Waals surface area contributed by atoms with Gasteiger partial charge in [-0.25, -0.2) is 0 Å². The minimum Gasteiger partial charge on any atom is -0.376 e. The van der Waals surface area contributed by atoms with E-state index in [0.717, 1.165) is 38.9 Å². The van der Waals surface area contributed by atoms with Gasteiger partial charge in [0.25, 0.3) is 11.8 Å². The van der Waals surface area contributed by atoms with E-state index in [1.54, 1.807) is 6.07 Å². The van der Waals surface area contributed by atoms with Gasteiger partial charge in [-0.3, -0.25) is 14.6 Å². The average molecular weight is 333 g/mol. The van der Waals surface area contributed by atoms with E-state index in [1.165, 1.54) is 12.4 Å². The summed E-state index contributed by atoms with van der Waals surface area (Å²) >= 11 is 0. The second-order valence-corrected chi connectivity index (χ2v) is 6.15. The number of nitrogens with one attached hydrogen (secondary N) is 2. The fraction of sp³-hybridized carbons (Fsp3) is 0.588. The molecule has 7 heteroatoms. The van der Waals surface area contributed by atoms with Gasteiger partial charge in [0, 0.05) is 38.7 Å². The van der Waals surface area contributed by atoms with Crippen LogP contribution in [0.2, 0.25) is 0 Å². The first-order valence-corrected chi connectivity index (χ1v) is 8.47. The van der Waals surface area contributed by atoms with E-state index in [2.05, 4.69) is 15.6 Å². The molecule has 0 bridgehead atoms. The highest BCUT2D eigenvalue weighted by Crippen LogP contribution is 2.12. The molecule has 0 aliphatic carbocycles. The van der Waals surface area contributed by atoms with Gasteiger partial charge in [-0.2, -0.15) is 0 Å². The summed E-state index contributed by atoms with van der Waals surface area (Å²) in [7, 11) is 0. The molecule has 0 radical (unpaired) electrons. The predicted octanol–water partition coefficient (Wildman–Crippen LogP) is 0.899. The lowest BCUT2D eigenvalue weighted by Gasteiger charge is -2.12. The molecule has 0 aromatic carbocycles. The van der Waals surface area contributed by atoms with Crippen LogP contribution in [0, 0.1) is 0 Å². The van der Waals surface area contributed by atoms with Crippen molar-refractivity contribution < 1.29 is 19.1 Å². The standard InChI is InChI=1S/C17H23N3O4/c21-16(19-10-14-3-1-5-23-14)12-7-13(9-18-8-12)17(22)20-11-15-4-2-6-24-15/h7-9,14-15H,1-6,10-11H2,(H,19,21)(H,20,22). The Balaban J connectivity index is 1.52. The molecule has 7 nitrogen and oxygen atoms in total. The van der Waals surface area contributed by atoms with Crippen LogP contribution in [0.1, 0.15) is 46.4 Å². The number of rotatable bonds is 6. The highest BCUT2D eigenvalue weighted by molar-refractivity contribution is 5.99. The second-order valence-electron chi connectivity index (χ2n) is 6.15. The molecule has 2 N–H and O–H groups in total. The Kier molecular flexibility index (Phi) is 5.77. The highest BCUT2D eigenvalue weighted by atomic mass is 16.5. The van der Waals surface area contributed by atoms with Gasteiger partial charge in [-0.15, -0.1) is 0 Å². The van der Waals surface area contributed by atoms with E-state index in [-0.39, 0.29) is 24.0 Å². The van der Waals surface area contributed by atoms with Crippen LogP contribution in [-0.2, 0) is 9.47 Å². The molecule has 2 atom stereocenters. The molecule has 2 amide bonds. The number of nitrogens with zero attached hydrogens (tertiary/aromatic N) is 1. The van der Waals surface area contributed by atoms with Crippen LogP contribution in [0.25, 0.3) is 0 Å². The molecule has 0 saturated carbocycles. The molecule has 2 unspecified atom stereocenters. The third-order valence-corrected chi connectivity index (χ3v) is 4.29. The summed E-state index contributed by atoms with van der Waals surface area (Å²) in [5.41, 5.74) is 0.746. The maximum atomic E-state index is 12.2. The minimum absolute atomic E-state index is 0.0832. The Morgan fingerprint density at radius 2 is 1.46 bits per heavy atom. The summed E-state index contributed by atoms with van der Waals surface area (Å²) in [4.78, 5) is 28.4. The number of ether oxygens (including phenoxy) is 2. The number of hydrogen-bond acceptors (Lipinski definition) is 5. The first-order valence-electron chi connectivity index (χ1n) is 8.47. The molecular formula is C17H23N3O4. The lowest BCUT2D eigenvalue weighted by Crippen LogP contribution is -2.33. The van der Waals surface area contributed by atoms with E-state index in [9.17, 15) is 9.59 Å². The zero-order valence-corrected chi connectivity index (χ0v) is 13.6. The van der Waals surface area contributed by atoms with E-state index >= 15 is 0 Å². The molecule has 2 aliphatic heterocycles. The average Bonchev–Trinajstić information content (AvgIpc) is 3.31. The van der Waals surface area contributed by atoms with E-state index in [0.29, 0.717) is 24.2 Å². The van der Waals surface area contributed by atoms with Crippen molar-refractivity contribution >= 4 is 11.8 Å². The molecule has 130 valence electrons. The normalized spacial score (nSPS) is 23.2. The van der Waals surface area contributed by atoms with Crippen LogP contribution >= 0.6 is 0 Å². The summed E-state index contributed by atoms with van der Waals surface area (Å²) in [6.07, 6.45) is 7.07. The molecular weight excluding hydrogens is 310 g/mol. The van der Waals surface area contributed by atoms with Crippen LogP contribution in [0.3, 0.4) is 0 Å². The maximum absolute atomic E-state index is 12.2. The summed E-state index contributed by atoms with van der Waals surface area (Å²) < 4.78 is 11.0. The Hall–Kier alpha value is -1.99. The number of carbonyl (C=O) groups excluding carboxylic acids is 2. The monoisotopic (exact) mass is 333 g/mol. The van der Waals surface area contributed by atoms with E-state index < -0.39 is 0 Å². The lowest BCUT2D eigenvalue weighted by atomic mass is 10.1. The van der Waals surface area contributed by atoms with Crippen molar-refractivity contribution in [1.29, 1.82) is 0 Å². The number of pyridine rings is 1. The SMILES string of the molecule is O=C(NCC1CCCO1)c1cncc(C(=O)NCC2CCCO2)c1. The summed E-state index contributed by atoms with van der Waals surface area (Å²) in [5.74, 6) is -0.487. The van der Waals surface area contributed by atoms with Crippen molar-refractivity contribution in [2.45, 2.75) is 37.9 Å². The highest BCUT2D eigenvalue weighted by Gasteiger charge is 2.19. The summed E-state index contributed by atoms with van der Waals surface area (Å²) in [6.45, 7) is 2.47. The number of hydrogen-bond donors (Lipinski definition) is 2. The van der Waals surface area contributed by atoms with E-state index in [4.69, 9.17) is 9.47 Å². The van der Waals surface area contributed by atoms with Crippen molar-refractivity contribution in [1.82, 2.24) is 15.6 Å². The molecule has 3 rings (SSSR count). The number of aromatic nitrogens is 1. The van der Waals surface area contributed by atoms with Gasteiger partial charge in [0.05, 0.1) is 23.3 Å².